The van der Waals surface area contributed by atoms with Crippen LogP contribution in [-0.4, -0.2) is 62.1 Å². The number of hydrogen-bond donors (Lipinski definition) is 1. The topological polar surface area (TPSA) is 70.3 Å². The second-order valence-electron chi connectivity index (χ2n) is 6.82. The van der Waals surface area contributed by atoms with Crippen LogP contribution in [-0.2, 0) is 17.8 Å². The number of rotatable bonds is 5. The number of esters is 1. The third kappa shape index (κ3) is 4.92. The monoisotopic (exact) mass is 384 g/mol. The summed E-state index contributed by atoms with van der Waals surface area (Å²) in [6.07, 6.45) is 0. The highest BCUT2D eigenvalue weighted by atomic mass is 16.5. The predicted molar refractivity (Wildman–Crippen MR) is 108 cm³/mol. The molecule has 0 aliphatic carbocycles. The summed E-state index contributed by atoms with van der Waals surface area (Å²) in [5.41, 5.74) is 1.80. The van der Waals surface area contributed by atoms with Crippen LogP contribution in [0.5, 0.6) is 0 Å². The number of hydrogen-bond acceptors (Lipinski definition) is 5. The fourth-order valence-electron chi connectivity index (χ4n) is 3.40. The van der Waals surface area contributed by atoms with Crippen LogP contribution in [0.3, 0.4) is 0 Å². The second kappa shape index (κ2) is 9.41. The van der Waals surface area contributed by atoms with Gasteiger partial charge in [0.15, 0.2) is 5.96 Å². The van der Waals surface area contributed by atoms with Crippen molar-refractivity contribution in [3.63, 3.8) is 0 Å². The van der Waals surface area contributed by atoms with Crippen molar-refractivity contribution in [2.75, 3.05) is 40.3 Å². The van der Waals surface area contributed by atoms with E-state index < -0.39 is 0 Å². The smallest absolute Gasteiger partial charge is 0.341 e. The van der Waals surface area contributed by atoms with Gasteiger partial charge in [-0.25, -0.2) is 4.79 Å². The SMILES string of the molecule is CN=C(NCc1cc(C(=O)OC)c(C)o1)N1CCN(Cc2ccccc2)CC1. The molecule has 1 fully saturated rings. The third-order valence-electron chi connectivity index (χ3n) is 4.93. The second-order valence-corrected chi connectivity index (χ2v) is 6.82. The molecule has 28 heavy (non-hydrogen) atoms. The molecule has 0 amide bonds. The number of aliphatic imine (C=N–C) groups is 1. The molecule has 0 atom stereocenters. The summed E-state index contributed by atoms with van der Waals surface area (Å²) in [4.78, 5) is 20.8. The molecule has 0 unspecified atom stereocenters. The number of nitrogens with one attached hydrogen (secondary N) is 1. The first-order chi connectivity index (χ1) is 13.6. The Hall–Kier alpha value is -2.80. The number of furan rings is 1. The van der Waals surface area contributed by atoms with Crippen molar-refractivity contribution in [3.05, 3.63) is 59.0 Å². The molecule has 0 saturated carbocycles. The number of aryl methyl sites for hydroxylation is 1. The van der Waals surface area contributed by atoms with Gasteiger partial charge < -0.3 is 19.4 Å². The van der Waals surface area contributed by atoms with Gasteiger partial charge in [-0.1, -0.05) is 30.3 Å². The van der Waals surface area contributed by atoms with E-state index in [9.17, 15) is 4.79 Å². The minimum atomic E-state index is -0.383. The van der Waals surface area contributed by atoms with Crippen molar-refractivity contribution in [3.8, 4) is 0 Å². The highest BCUT2D eigenvalue weighted by Gasteiger charge is 2.20. The van der Waals surface area contributed by atoms with Crippen molar-refractivity contribution >= 4 is 11.9 Å². The number of guanidine groups is 1. The summed E-state index contributed by atoms with van der Waals surface area (Å²) in [5.74, 6) is 1.70. The van der Waals surface area contributed by atoms with Crippen LogP contribution in [0.4, 0.5) is 0 Å². The van der Waals surface area contributed by atoms with Gasteiger partial charge in [-0.05, 0) is 18.6 Å². The highest BCUT2D eigenvalue weighted by Crippen LogP contribution is 2.16. The van der Waals surface area contributed by atoms with E-state index in [1.54, 1.807) is 20.0 Å². The van der Waals surface area contributed by atoms with Gasteiger partial charge in [0.05, 0.1) is 13.7 Å². The first kappa shape index (κ1) is 19.9. The van der Waals surface area contributed by atoms with Crippen molar-refractivity contribution in [2.24, 2.45) is 4.99 Å². The maximum absolute atomic E-state index is 11.7. The Kier molecular flexibility index (Phi) is 6.71. The van der Waals surface area contributed by atoms with E-state index in [4.69, 9.17) is 9.15 Å². The molecule has 150 valence electrons. The average molecular weight is 384 g/mol. The summed E-state index contributed by atoms with van der Waals surface area (Å²) < 4.78 is 10.4. The molecule has 1 N–H and O–H groups in total. The summed E-state index contributed by atoms with van der Waals surface area (Å²) >= 11 is 0. The molecule has 0 bridgehead atoms. The molecular weight excluding hydrogens is 356 g/mol. The Balaban J connectivity index is 1.50. The highest BCUT2D eigenvalue weighted by molar-refractivity contribution is 5.90. The average Bonchev–Trinajstić information content (AvgIpc) is 3.10. The number of carbonyl (C=O) groups excluding carboxylic acids is 1. The molecule has 7 heteroatoms. The first-order valence-corrected chi connectivity index (χ1v) is 9.50. The van der Waals surface area contributed by atoms with Crippen molar-refractivity contribution in [1.82, 2.24) is 15.1 Å². The van der Waals surface area contributed by atoms with Crippen LogP contribution in [0, 0.1) is 6.92 Å². The number of ether oxygens (including phenoxy) is 1. The molecule has 3 rings (SSSR count). The van der Waals surface area contributed by atoms with Gasteiger partial charge in [0.2, 0.25) is 0 Å². The lowest BCUT2D eigenvalue weighted by molar-refractivity contribution is 0.0599. The third-order valence-corrected chi connectivity index (χ3v) is 4.93. The van der Waals surface area contributed by atoms with Gasteiger partial charge in [-0.2, -0.15) is 0 Å². The molecule has 1 aromatic heterocycles. The van der Waals surface area contributed by atoms with E-state index in [2.05, 4.69) is 44.4 Å². The van der Waals surface area contributed by atoms with Gasteiger partial charge in [-0.3, -0.25) is 9.89 Å². The summed E-state index contributed by atoms with van der Waals surface area (Å²) in [6, 6.07) is 12.3. The Morgan fingerprint density at radius 1 is 1.21 bits per heavy atom. The largest absolute Gasteiger partial charge is 0.465 e. The number of carbonyl (C=O) groups is 1. The minimum Gasteiger partial charge on any atom is -0.465 e. The van der Waals surface area contributed by atoms with Gasteiger partial charge >= 0.3 is 5.97 Å². The van der Waals surface area contributed by atoms with Crippen LogP contribution in [0.25, 0.3) is 0 Å². The Morgan fingerprint density at radius 3 is 2.57 bits per heavy atom. The van der Waals surface area contributed by atoms with Gasteiger partial charge in [0.25, 0.3) is 0 Å². The fraction of sp³-hybridized carbons (Fsp3) is 0.429. The molecule has 2 heterocycles. The lowest BCUT2D eigenvalue weighted by Gasteiger charge is -2.36. The minimum absolute atomic E-state index is 0.383. The molecular formula is C21H28N4O3. The summed E-state index contributed by atoms with van der Waals surface area (Å²) in [5, 5.41) is 3.33. The quantitative estimate of drug-likeness (QED) is 0.484. The molecule has 1 aliphatic rings. The van der Waals surface area contributed by atoms with Crippen molar-refractivity contribution < 1.29 is 13.9 Å². The van der Waals surface area contributed by atoms with E-state index in [1.807, 2.05) is 6.07 Å². The van der Waals surface area contributed by atoms with E-state index in [0.29, 0.717) is 23.6 Å². The lowest BCUT2D eigenvalue weighted by atomic mass is 10.2. The van der Waals surface area contributed by atoms with E-state index in [-0.39, 0.29) is 5.97 Å². The normalized spacial score (nSPS) is 15.5. The summed E-state index contributed by atoms with van der Waals surface area (Å²) in [6.45, 7) is 7.01. The van der Waals surface area contributed by atoms with Crippen molar-refractivity contribution in [2.45, 2.75) is 20.0 Å². The molecule has 2 aromatic rings. The van der Waals surface area contributed by atoms with Gasteiger partial charge in [0, 0.05) is 39.8 Å². The molecule has 1 saturated heterocycles. The number of methoxy groups -OCH3 is 1. The Labute approximate surface area is 166 Å². The maximum atomic E-state index is 11.7. The molecule has 1 aromatic carbocycles. The first-order valence-electron chi connectivity index (χ1n) is 9.50. The molecule has 0 spiro atoms. The van der Waals surface area contributed by atoms with Crippen LogP contribution >= 0.6 is 0 Å². The van der Waals surface area contributed by atoms with Crippen LogP contribution in [0.1, 0.15) is 27.4 Å². The fourth-order valence-corrected chi connectivity index (χ4v) is 3.40. The number of benzene rings is 1. The maximum Gasteiger partial charge on any atom is 0.341 e. The number of nitrogens with zero attached hydrogens (tertiary/aromatic N) is 3. The van der Waals surface area contributed by atoms with E-state index in [0.717, 1.165) is 38.7 Å². The Bertz CT molecular complexity index is 808. The lowest BCUT2D eigenvalue weighted by Crippen LogP contribution is -2.52. The zero-order chi connectivity index (χ0) is 19.9. The van der Waals surface area contributed by atoms with Crippen LogP contribution in [0.2, 0.25) is 0 Å². The molecule has 1 aliphatic heterocycles. The summed E-state index contributed by atoms with van der Waals surface area (Å²) in [7, 11) is 3.15. The number of piperazine rings is 1. The van der Waals surface area contributed by atoms with Crippen LogP contribution in [0.15, 0.2) is 45.8 Å². The van der Waals surface area contributed by atoms with Crippen LogP contribution < -0.4 is 5.32 Å². The van der Waals surface area contributed by atoms with E-state index >= 15 is 0 Å². The van der Waals surface area contributed by atoms with Gasteiger partial charge in [-0.15, -0.1) is 0 Å². The molecule has 0 radical (unpaired) electrons. The zero-order valence-corrected chi connectivity index (χ0v) is 16.8. The zero-order valence-electron chi connectivity index (χ0n) is 16.8. The predicted octanol–water partition coefficient (Wildman–Crippen LogP) is 2.27. The van der Waals surface area contributed by atoms with E-state index in [1.165, 1.54) is 12.7 Å². The Morgan fingerprint density at radius 2 is 1.93 bits per heavy atom. The standard InChI is InChI=1S/C21H28N4O3/c1-16-19(20(26)27-3)13-18(28-16)14-23-21(22-2)25-11-9-24(10-12-25)15-17-7-5-4-6-8-17/h4-8,13H,9-12,14-15H2,1-3H3,(H,22,23). The van der Waals surface area contributed by atoms with Gasteiger partial charge in [0.1, 0.15) is 17.1 Å². The molecule has 7 nitrogen and oxygen atoms in total. The van der Waals surface area contributed by atoms with Crippen molar-refractivity contribution in [1.29, 1.82) is 0 Å².